The Morgan fingerprint density at radius 3 is 2.62 bits per heavy atom. The molecule has 1 N–H and O–H groups in total. The maximum absolute atomic E-state index is 12.4. The minimum atomic E-state index is -0.282. The van der Waals surface area contributed by atoms with Gasteiger partial charge in [0.15, 0.2) is 11.2 Å². The first kappa shape index (κ1) is 13.8. The Balaban J connectivity index is 1.87. The van der Waals surface area contributed by atoms with Gasteiger partial charge in [0.2, 0.25) is 0 Å². The molecular weight excluding hydrogens is 272 g/mol. The van der Waals surface area contributed by atoms with Crippen molar-refractivity contribution < 1.29 is 14.3 Å². The summed E-state index contributed by atoms with van der Waals surface area (Å²) in [4.78, 5) is 27.9. The van der Waals surface area contributed by atoms with E-state index in [1.54, 1.807) is 29.2 Å². The lowest BCUT2D eigenvalue weighted by atomic mass is 10.2. The lowest BCUT2D eigenvalue weighted by molar-refractivity contribution is 0.0403. The van der Waals surface area contributed by atoms with Crippen LogP contribution in [0.1, 0.15) is 10.6 Å². The van der Waals surface area contributed by atoms with Gasteiger partial charge in [0.25, 0.3) is 5.91 Å². The minimum Gasteiger partial charge on any atom is -0.451 e. The van der Waals surface area contributed by atoms with Crippen molar-refractivity contribution in [1.29, 1.82) is 0 Å². The van der Waals surface area contributed by atoms with Crippen molar-refractivity contribution in [3.8, 4) is 0 Å². The molecule has 1 aromatic carbocycles. The van der Waals surface area contributed by atoms with Gasteiger partial charge >= 0.3 is 0 Å². The first-order chi connectivity index (χ1) is 10.2. The summed E-state index contributed by atoms with van der Waals surface area (Å²) in [5, 5.41) is 9.52. The fourth-order valence-electron chi connectivity index (χ4n) is 2.46. The van der Waals surface area contributed by atoms with E-state index in [1.807, 2.05) is 4.90 Å². The number of benzene rings is 1. The molecule has 1 aliphatic heterocycles. The molecule has 1 amide bonds. The van der Waals surface area contributed by atoms with Crippen molar-refractivity contribution in [2.45, 2.75) is 0 Å². The summed E-state index contributed by atoms with van der Waals surface area (Å²) in [6, 6.07) is 8.13. The summed E-state index contributed by atoms with van der Waals surface area (Å²) in [6.45, 7) is 2.24. The molecule has 2 heterocycles. The van der Waals surface area contributed by atoms with Crippen molar-refractivity contribution >= 4 is 16.9 Å². The van der Waals surface area contributed by atoms with Crippen LogP contribution in [-0.4, -0.2) is 53.7 Å². The predicted octanol–water partition coefficient (Wildman–Crippen LogP) is 0.501. The lowest BCUT2D eigenvalue weighted by Gasteiger charge is -2.33. The number of aliphatic hydroxyl groups is 1. The Morgan fingerprint density at radius 1 is 1.19 bits per heavy atom. The quantitative estimate of drug-likeness (QED) is 0.871. The second-order valence-corrected chi connectivity index (χ2v) is 5.02. The number of piperazine rings is 1. The van der Waals surface area contributed by atoms with Gasteiger partial charge in [-0.05, 0) is 12.1 Å². The summed E-state index contributed by atoms with van der Waals surface area (Å²) in [7, 11) is 0. The van der Waals surface area contributed by atoms with Crippen LogP contribution in [0.25, 0.3) is 11.0 Å². The van der Waals surface area contributed by atoms with Crippen molar-refractivity contribution in [3.05, 3.63) is 46.3 Å². The van der Waals surface area contributed by atoms with Gasteiger partial charge in [0, 0.05) is 32.2 Å². The molecular formula is C15H16N2O4. The molecule has 0 bridgehead atoms. The molecule has 6 heteroatoms. The molecule has 3 rings (SSSR count). The number of aliphatic hydroxyl groups excluding tert-OH is 1. The number of rotatable bonds is 2. The number of carbonyl (C=O) groups excluding carboxylic acids is 1. The van der Waals surface area contributed by atoms with Crippen molar-refractivity contribution in [2.24, 2.45) is 0 Å². The lowest BCUT2D eigenvalue weighted by Crippen LogP contribution is -2.48. The third-order valence-corrected chi connectivity index (χ3v) is 3.70. The smallest absolute Gasteiger partial charge is 0.289 e. The average Bonchev–Trinajstić information content (AvgIpc) is 2.54. The zero-order chi connectivity index (χ0) is 14.8. The van der Waals surface area contributed by atoms with Gasteiger partial charge in [0.05, 0.1) is 12.1 Å². The number of fused-ring (bicyclic) bond motifs is 1. The second kappa shape index (κ2) is 5.67. The fourth-order valence-corrected chi connectivity index (χ4v) is 2.46. The highest BCUT2D eigenvalue weighted by Crippen LogP contribution is 2.14. The van der Waals surface area contributed by atoms with Crippen molar-refractivity contribution in [3.63, 3.8) is 0 Å². The van der Waals surface area contributed by atoms with Gasteiger partial charge in [-0.2, -0.15) is 0 Å². The topological polar surface area (TPSA) is 74.0 Å². The fraction of sp³-hybridized carbons (Fsp3) is 0.333. The third kappa shape index (κ3) is 2.68. The van der Waals surface area contributed by atoms with Gasteiger partial charge < -0.3 is 14.4 Å². The molecule has 2 aromatic rings. The highest BCUT2D eigenvalue weighted by Gasteiger charge is 2.23. The van der Waals surface area contributed by atoms with E-state index < -0.39 is 0 Å². The molecule has 21 heavy (non-hydrogen) atoms. The van der Waals surface area contributed by atoms with Gasteiger partial charge in [-0.3, -0.25) is 14.5 Å². The second-order valence-electron chi connectivity index (χ2n) is 5.02. The van der Waals surface area contributed by atoms with Gasteiger partial charge in [-0.15, -0.1) is 0 Å². The van der Waals surface area contributed by atoms with Gasteiger partial charge in [-0.1, -0.05) is 12.1 Å². The van der Waals surface area contributed by atoms with E-state index in [2.05, 4.69) is 0 Å². The maximum atomic E-state index is 12.4. The van der Waals surface area contributed by atoms with Crippen LogP contribution in [-0.2, 0) is 0 Å². The van der Waals surface area contributed by atoms with E-state index in [-0.39, 0.29) is 23.8 Å². The summed E-state index contributed by atoms with van der Waals surface area (Å²) in [6.07, 6.45) is 0. The largest absolute Gasteiger partial charge is 0.451 e. The van der Waals surface area contributed by atoms with Gasteiger partial charge in [0.1, 0.15) is 5.58 Å². The Bertz CT molecular complexity index is 717. The molecule has 0 atom stereocenters. The van der Waals surface area contributed by atoms with Crippen LogP contribution in [0.5, 0.6) is 0 Å². The van der Waals surface area contributed by atoms with E-state index in [1.165, 1.54) is 6.07 Å². The number of carbonyl (C=O) groups is 1. The number of hydrogen-bond acceptors (Lipinski definition) is 5. The van der Waals surface area contributed by atoms with Crippen LogP contribution in [0, 0.1) is 0 Å². The zero-order valence-electron chi connectivity index (χ0n) is 11.5. The van der Waals surface area contributed by atoms with Crippen LogP contribution in [0.15, 0.2) is 39.5 Å². The summed E-state index contributed by atoms with van der Waals surface area (Å²) < 4.78 is 5.56. The third-order valence-electron chi connectivity index (χ3n) is 3.70. The monoisotopic (exact) mass is 288 g/mol. The number of para-hydroxylation sites is 1. The average molecular weight is 288 g/mol. The number of hydrogen-bond donors (Lipinski definition) is 1. The van der Waals surface area contributed by atoms with E-state index in [0.29, 0.717) is 37.1 Å². The molecule has 1 saturated heterocycles. The van der Waals surface area contributed by atoms with E-state index >= 15 is 0 Å². The molecule has 0 unspecified atom stereocenters. The molecule has 0 spiro atoms. The molecule has 110 valence electrons. The van der Waals surface area contributed by atoms with Crippen LogP contribution < -0.4 is 5.43 Å². The molecule has 1 fully saturated rings. The normalized spacial score (nSPS) is 16.3. The summed E-state index contributed by atoms with van der Waals surface area (Å²) in [5.74, 6) is -0.216. The molecule has 1 aliphatic rings. The van der Waals surface area contributed by atoms with E-state index in [9.17, 15) is 9.59 Å². The van der Waals surface area contributed by atoms with Crippen LogP contribution in [0.4, 0.5) is 0 Å². The predicted molar refractivity (Wildman–Crippen MR) is 77.0 cm³/mol. The number of amides is 1. The van der Waals surface area contributed by atoms with Crippen LogP contribution in [0.3, 0.4) is 0 Å². The molecule has 0 saturated carbocycles. The van der Waals surface area contributed by atoms with E-state index in [4.69, 9.17) is 9.52 Å². The Morgan fingerprint density at radius 2 is 1.90 bits per heavy atom. The Hall–Kier alpha value is -2.18. The van der Waals surface area contributed by atoms with Crippen molar-refractivity contribution in [2.75, 3.05) is 32.9 Å². The first-order valence-corrected chi connectivity index (χ1v) is 6.84. The van der Waals surface area contributed by atoms with Crippen LogP contribution in [0.2, 0.25) is 0 Å². The molecule has 0 aliphatic carbocycles. The summed E-state index contributed by atoms with van der Waals surface area (Å²) >= 11 is 0. The minimum absolute atomic E-state index is 0.00686. The molecule has 0 radical (unpaired) electrons. The van der Waals surface area contributed by atoms with Gasteiger partial charge in [-0.25, -0.2) is 0 Å². The summed E-state index contributed by atoms with van der Waals surface area (Å²) in [5.41, 5.74) is 0.205. The van der Waals surface area contributed by atoms with Crippen LogP contribution >= 0.6 is 0 Å². The first-order valence-electron chi connectivity index (χ1n) is 6.84. The Kier molecular flexibility index (Phi) is 3.72. The Labute approximate surface area is 121 Å². The van der Waals surface area contributed by atoms with E-state index in [0.717, 1.165) is 0 Å². The SMILES string of the molecule is O=C(c1cc(=O)c2ccccc2o1)N1CCN(CO)CC1. The zero-order valence-corrected chi connectivity index (χ0v) is 11.5. The standard InChI is InChI=1S/C15H16N2O4/c18-10-16-5-7-17(8-6-16)15(20)14-9-12(19)11-3-1-2-4-13(11)21-14/h1-4,9,18H,5-8,10H2. The molecule has 6 nitrogen and oxygen atoms in total. The highest BCUT2D eigenvalue weighted by atomic mass is 16.3. The molecule has 1 aromatic heterocycles. The van der Waals surface area contributed by atoms with Crippen molar-refractivity contribution in [1.82, 2.24) is 9.80 Å². The number of nitrogens with zero attached hydrogens (tertiary/aromatic N) is 2. The maximum Gasteiger partial charge on any atom is 0.289 e. The highest BCUT2D eigenvalue weighted by molar-refractivity contribution is 5.93.